The van der Waals surface area contributed by atoms with Gasteiger partial charge < -0.3 is 9.39 Å². The van der Waals surface area contributed by atoms with Gasteiger partial charge in [0.25, 0.3) is 0 Å². The summed E-state index contributed by atoms with van der Waals surface area (Å²) in [6, 6.07) is 0. The molecule has 0 fully saturated rings. The molecular formula is C4H6NO4S-. The Morgan fingerprint density at radius 3 is 2.90 bits per heavy atom. The minimum atomic E-state index is -2.57. The second-order valence-corrected chi connectivity index (χ2v) is 1.92. The molecule has 0 aliphatic heterocycles. The second kappa shape index (κ2) is 5.10. The fraction of sp³-hybridized carbons (Fsp3) is 0.250. The Morgan fingerprint density at radius 2 is 2.50 bits per heavy atom. The Labute approximate surface area is 60.4 Å². The smallest absolute Gasteiger partial charge is 0.329 e. The molecule has 0 radical (unpaired) electrons. The van der Waals surface area contributed by atoms with E-state index < -0.39 is 17.2 Å². The summed E-state index contributed by atoms with van der Waals surface area (Å²) in [6.07, 6.45) is 1.28. The van der Waals surface area contributed by atoms with Crippen LogP contribution < -0.4 is 4.89 Å². The van der Waals surface area contributed by atoms with E-state index in [1.807, 2.05) is 0 Å². The van der Waals surface area contributed by atoms with E-state index in [1.54, 1.807) is 0 Å². The van der Waals surface area contributed by atoms with Crippen LogP contribution in [0.25, 0.3) is 0 Å². The van der Waals surface area contributed by atoms with Crippen LogP contribution in [0.5, 0.6) is 0 Å². The highest BCUT2D eigenvalue weighted by atomic mass is 32.2. The van der Waals surface area contributed by atoms with Crippen molar-refractivity contribution in [2.24, 2.45) is 0 Å². The highest BCUT2D eigenvalue weighted by molar-refractivity contribution is 7.76. The molecular weight excluding hydrogens is 158 g/mol. The van der Waals surface area contributed by atoms with Crippen molar-refractivity contribution in [2.45, 2.75) is 6.42 Å². The lowest BCUT2D eigenvalue weighted by atomic mass is 10.4. The van der Waals surface area contributed by atoms with Crippen LogP contribution in [0.15, 0.2) is 12.7 Å². The van der Waals surface area contributed by atoms with Crippen LogP contribution >= 0.6 is 0 Å². The van der Waals surface area contributed by atoms with Gasteiger partial charge in [0, 0.05) is 0 Å². The van der Waals surface area contributed by atoms with E-state index in [9.17, 15) is 13.6 Å². The SMILES string of the molecule is C=CCC(=O)ONS(=O)[O-]. The monoisotopic (exact) mass is 164 g/mol. The van der Waals surface area contributed by atoms with E-state index in [4.69, 9.17) is 0 Å². The van der Waals surface area contributed by atoms with Crippen LogP contribution in [0, 0.1) is 0 Å². The minimum Gasteiger partial charge on any atom is -0.758 e. The molecule has 0 amide bonds. The lowest BCUT2D eigenvalue weighted by molar-refractivity contribution is -0.146. The first-order valence-corrected chi connectivity index (χ1v) is 3.39. The van der Waals surface area contributed by atoms with Crippen LogP contribution in [0.2, 0.25) is 0 Å². The Hall–Kier alpha value is -0.720. The molecule has 0 rings (SSSR count). The summed E-state index contributed by atoms with van der Waals surface area (Å²) in [4.78, 5) is 15.7. The molecule has 1 unspecified atom stereocenters. The molecule has 0 aliphatic rings. The Bertz CT molecular complexity index is 157. The topological polar surface area (TPSA) is 78.5 Å². The van der Waals surface area contributed by atoms with Crippen LogP contribution in [-0.2, 0) is 20.9 Å². The summed E-state index contributed by atoms with van der Waals surface area (Å²) in [5.41, 5.74) is 0. The van der Waals surface area contributed by atoms with Gasteiger partial charge in [-0.3, -0.25) is 4.21 Å². The average molecular weight is 164 g/mol. The number of hydrogen-bond acceptors (Lipinski definition) is 4. The maximum Gasteiger partial charge on any atom is 0.329 e. The van der Waals surface area contributed by atoms with Crippen molar-refractivity contribution in [2.75, 3.05) is 0 Å². The van der Waals surface area contributed by atoms with Crippen molar-refractivity contribution >= 4 is 17.2 Å². The van der Waals surface area contributed by atoms with Gasteiger partial charge in [-0.05, 0) is 0 Å². The van der Waals surface area contributed by atoms with Gasteiger partial charge in [-0.25, -0.2) is 4.79 Å². The van der Waals surface area contributed by atoms with Crippen molar-refractivity contribution in [3.63, 3.8) is 0 Å². The molecule has 0 aromatic rings. The largest absolute Gasteiger partial charge is 0.758 e. The molecule has 0 heterocycles. The molecule has 0 aromatic carbocycles. The predicted octanol–water partition coefficient (Wildman–Crippen LogP) is -0.596. The zero-order chi connectivity index (χ0) is 7.98. The quantitative estimate of drug-likeness (QED) is 0.342. The van der Waals surface area contributed by atoms with Gasteiger partial charge in [0.2, 0.25) is 0 Å². The molecule has 1 atom stereocenters. The molecule has 0 bridgehead atoms. The number of carbonyl (C=O) groups excluding carboxylic acids is 1. The average Bonchev–Trinajstić information content (AvgIpc) is 1.85. The highest BCUT2D eigenvalue weighted by Gasteiger charge is 1.96. The lowest BCUT2D eigenvalue weighted by Gasteiger charge is -2.04. The summed E-state index contributed by atoms with van der Waals surface area (Å²) >= 11 is -2.57. The van der Waals surface area contributed by atoms with Gasteiger partial charge in [0.1, 0.15) is 0 Å². The fourth-order valence-electron chi connectivity index (χ4n) is 0.240. The summed E-state index contributed by atoms with van der Waals surface area (Å²) in [5.74, 6) is -0.695. The van der Waals surface area contributed by atoms with E-state index in [1.165, 1.54) is 11.0 Å². The first kappa shape index (κ1) is 9.28. The van der Waals surface area contributed by atoms with E-state index in [-0.39, 0.29) is 6.42 Å². The Balaban J connectivity index is 3.39. The first-order valence-electron chi connectivity index (χ1n) is 2.32. The molecule has 10 heavy (non-hydrogen) atoms. The maximum absolute atomic E-state index is 10.3. The highest BCUT2D eigenvalue weighted by Crippen LogP contribution is 1.82. The van der Waals surface area contributed by atoms with E-state index in [0.29, 0.717) is 0 Å². The third kappa shape index (κ3) is 5.42. The zero-order valence-electron chi connectivity index (χ0n) is 5.03. The van der Waals surface area contributed by atoms with Gasteiger partial charge in [-0.2, -0.15) is 0 Å². The van der Waals surface area contributed by atoms with Crippen molar-refractivity contribution in [3.05, 3.63) is 12.7 Å². The normalized spacial score (nSPS) is 12.1. The lowest BCUT2D eigenvalue weighted by Crippen LogP contribution is -2.21. The van der Waals surface area contributed by atoms with Crippen LogP contribution in [0.1, 0.15) is 6.42 Å². The Morgan fingerprint density at radius 1 is 1.90 bits per heavy atom. The summed E-state index contributed by atoms with van der Waals surface area (Å²) in [7, 11) is 0. The summed E-state index contributed by atoms with van der Waals surface area (Å²) in [6.45, 7) is 3.25. The maximum atomic E-state index is 10.3. The van der Waals surface area contributed by atoms with E-state index in [0.717, 1.165) is 0 Å². The zero-order valence-corrected chi connectivity index (χ0v) is 5.85. The van der Waals surface area contributed by atoms with E-state index >= 15 is 0 Å². The molecule has 0 saturated carbocycles. The van der Waals surface area contributed by atoms with Gasteiger partial charge in [0.15, 0.2) is 0 Å². The third-order valence-corrected chi connectivity index (χ3v) is 0.754. The number of carbonyl (C=O) groups is 1. The molecule has 0 spiro atoms. The standard InChI is InChI=1S/C4H7NO4S/c1-2-3-4(6)9-5-10(7)8/h2,5H,1,3H2,(H,7,8)/p-1. The molecule has 6 heteroatoms. The Kier molecular flexibility index (Phi) is 4.73. The van der Waals surface area contributed by atoms with Crippen molar-refractivity contribution < 1.29 is 18.4 Å². The van der Waals surface area contributed by atoms with Gasteiger partial charge in [0.05, 0.1) is 17.7 Å². The number of hydrogen-bond donors (Lipinski definition) is 1. The first-order chi connectivity index (χ1) is 4.66. The van der Waals surface area contributed by atoms with Crippen LogP contribution in [-0.4, -0.2) is 14.7 Å². The van der Waals surface area contributed by atoms with Crippen molar-refractivity contribution in [1.82, 2.24) is 4.89 Å². The molecule has 5 nitrogen and oxygen atoms in total. The van der Waals surface area contributed by atoms with Gasteiger partial charge in [-0.1, -0.05) is 11.0 Å². The predicted molar refractivity (Wildman–Crippen MR) is 33.0 cm³/mol. The molecule has 0 saturated heterocycles. The molecule has 1 N–H and O–H groups in total. The van der Waals surface area contributed by atoms with Gasteiger partial charge in [-0.15, -0.1) is 6.58 Å². The minimum absolute atomic E-state index is 0.0236. The fourth-order valence-corrected chi connectivity index (χ4v) is 0.401. The molecule has 0 aliphatic carbocycles. The molecule has 0 aromatic heterocycles. The van der Waals surface area contributed by atoms with Gasteiger partial charge >= 0.3 is 5.97 Å². The summed E-state index contributed by atoms with van der Waals surface area (Å²) in [5, 5.41) is 0. The summed E-state index contributed by atoms with van der Waals surface area (Å²) < 4.78 is 19.4. The number of rotatable bonds is 4. The number of nitrogens with one attached hydrogen (secondary N) is 1. The van der Waals surface area contributed by atoms with Crippen LogP contribution in [0.4, 0.5) is 0 Å². The second-order valence-electron chi connectivity index (χ2n) is 1.28. The van der Waals surface area contributed by atoms with E-state index in [2.05, 4.69) is 11.4 Å². The van der Waals surface area contributed by atoms with Crippen molar-refractivity contribution in [1.29, 1.82) is 0 Å². The third-order valence-electron chi connectivity index (χ3n) is 0.535. The molecule has 58 valence electrons. The van der Waals surface area contributed by atoms with Crippen molar-refractivity contribution in [3.8, 4) is 0 Å². The van der Waals surface area contributed by atoms with Crippen LogP contribution in [0.3, 0.4) is 0 Å².